The molecule has 5 rings (SSSR count). The van der Waals surface area contributed by atoms with Crippen LogP contribution in [0.15, 0.2) is 42.5 Å². The third-order valence-corrected chi connectivity index (χ3v) is 11.4. The van der Waals surface area contributed by atoms with E-state index in [1.54, 1.807) is 4.90 Å². The number of carbonyl (C=O) groups is 3. The Bertz CT molecular complexity index is 1400. The van der Waals surface area contributed by atoms with Gasteiger partial charge in [-0.2, -0.15) is 0 Å². The number of amides is 1. The van der Waals surface area contributed by atoms with E-state index in [-0.39, 0.29) is 24.1 Å². The molecule has 0 N–H and O–H groups in total. The molecular formula is C40H58N3O5P. The van der Waals surface area contributed by atoms with E-state index in [1.165, 1.54) is 56.9 Å². The smallest absolute Gasteiger partial charge is 0.417 e. The van der Waals surface area contributed by atoms with E-state index in [2.05, 4.69) is 39.0 Å². The van der Waals surface area contributed by atoms with Gasteiger partial charge >= 0.3 is 12.1 Å². The van der Waals surface area contributed by atoms with Crippen LogP contribution in [-0.4, -0.2) is 67.8 Å². The number of Topliss-reactive ketones (excluding diaryl/α,β-unsaturated/α-hetero) is 1. The van der Waals surface area contributed by atoms with Crippen LogP contribution < -0.4 is 15.1 Å². The summed E-state index contributed by atoms with van der Waals surface area (Å²) in [4.78, 5) is 44.9. The first-order valence-corrected chi connectivity index (χ1v) is 19.5. The zero-order valence-electron chi connectivity index (χ0n) is 29.9. The second-order valence-electron chi connectivity index (χ2n) is 14.5. The molecule has 8 nitrogen and oxygen atoms in total. The van der Waals surface area contributed by atoms with Gasteiger partial charge in [0.15, 0.2) is 5.78 Å². The van der Waals surface area contributed by atoms with Crippen molar-refractivity contribution in [3.8, 4) is 0 Å². The number of piperidine rings is 1. The lowest BCUT2D eigenvalue weighted by molar-refractivity contribution is -0.151. The van der Waals surface area contributed by atoms with Crippen LogP contribution in [-0.2, 0) is 14.3 Å². The second kappa shape index (κ2) is 18.3. The number of hydrogen-bond donors (Lipinski definition) is 0. The van der Waals surface area contributed by atoms with Gasteiger partial charge in [-0.05, 0) is 49.7 Å². The molecule has 0 spiro atoms. The summed E-state index contributed by atoms with van der Waals surface area (Å²) in [5, 5.41) is 1.08. The Labute approximate surface area is 296 Å². The molecule has 3 atom stereocenters. The van der Waals surface area contributed by atoms with Crippen molar-refractivity contribution in [3.05, 3.63) is 53.6 Å². The Balaban J connectivity index is 1.04. The lowest BCUT2D eigenvalue weighted by Gasteiger charge is -2.49. The van der Waals surface area contributed by atoms with E-state index in [1.807, 2.05) is 36.4 Å². The van der Waals surface area contributed by atoms with Crippen LogP contribution in [0.25, 0.3) is 0 Å². The van der Waals surface area contributed by atoms with E-state index >= 15 is 0 Å². The molecule has 0 aliphatic carbocycles. The minimum absolute atomic E-state index is 0.0234. The molecule has 0 saturated carbocycles. The van der Waals surface area contributed by atoms with Crippen molar-refractivity contribution >= 4 is 43.8 Å². The Kier molecular flexibility index (Phi) is 14.0. The van der Waals surface area contributed by atoms with Gasteiger partial charge in [-0.15, -0.1) is 9.24 Å². The highest BCUT2D eigenvalue weighted by atomic mass is 31.0. The molecule has 1 unspecified atom stereocenters. The predicted octanol–water partition coefficient (Wildman–Crippen LogP) is 8.38. The van der Waals surface area contributed by atoms with Gasteiger partial charge in [0.2, 0.25) is 6.79 Å². The van der Waals surface area contributed by atoms with Gasteiger partial charge in [0.25, 0.3) is 0 Å². The standard InChI is InChI=1S/C40H58N3O5P/c1-3-4-5-6-7-8-9-10-11-12-13-19-37(45)47-30-48-39(46)42-27-28-43-38-33(16-14-17-35(38)42)34-29-41(26-24-40(34,43)2)25-15-18-36(44)31-20-22-32(49)23-21-31/h14,16-17,20-23,34H,3-13,15,18-19,24-30,49H2,1-2H3/t34-,40-/m0/s1. The minimum atomic E-state index is -0.478. The zero-order valence-corrected chi connectivity index (χ0v) is 31.1. The van der Waals surface area contributed by atoms with Gasteiger partial charge in [0, 0.05) is 56.0 Å². The van der Waals surface area contributed by atoms with Crippen LogP contribution >= 0.6 is 9.24 Å². The first kappa shape index (κ1) is 37.3. The number of nitrogens with zero attached hydrogens (tertiary/aromatic N) is 3. The predicted molar refractivity (Wildman–Crippen MR) is 201 cm³/mol. The number of benzene rings is 2. The summed E-state index contributed by atoms with van der Waals surface area (Å²) in [6.07, 6.45) is 15.8. The average molecular weight is 692 g/mol. The molecule has 0 radical (unpaired) electrons. The number of unbranched alkanes of at least 4 members (excludes halogenated alkanes) is 10. The van der Waals surface area contributed by atoms with Crippen LogP contribution in [0.5, 0.6) is 0 Å². The van der Waals surface area contributed by atoms with Gasteiger partial charge in [0.05, 0.1) is 11.4 Å². The molecule has 2 aromatic carbocycles. The normalized spacial score (nSPS) is 19.8. The Morgan fingerprint density at radius 1 is 0.816 bits per heavy atom. The van der Waals surface area contributed by atoms with Crippen molar-refractivity contribution in [2.75, 3.05) is 49.3 Å². The Morgan fingerprint density at radius 3 is 2.22 bits per heavy atom. The highest BCUT2D eigenvalue weighted by Crippen LogP contribution is 2.56. The number of likely N-dealkylation sites (tertiary alicyclic amines) is 1. The number of ether oxygens (including phenoxy) is 2. The molecule has 268 valence electrons. The number of carbonyl (C=O) groups excluding carboxylic acids is 3. The van der Waals surface area contributed by atoms with Crippen molar-refractivity contribution in [1.29, 1.82) is 0 Å². The molecule has 1 amide bonds. The molecule has 0 bridgehead atoms. The summed E-state index contributed by atoms with van der Waals surface area (Å²) in [5.74, 6) is 0.203. The van der Waals surface area contributed by atoms with E-state index in [0.29, 0.717) is 25.3 Å². The van der Waals surface area contributed by atoms with Gasteiger partial charge < -0.3 is 19.3 Å². The van der Waals surface area contributed by atoms with Crippen LogP contribution in [0.4, 0.5) is 16.2 Å². The fourth-order valence-electron chi connectivity index (χ4n) is 8.04. The zero-order chi connectivity index (χ0) is 34.6. The van der Waals surface area contributed by atoms with Crippen LogP contribution in [0.2, 0.25) is 0 Å². The summed E-state index contributed by atoms with van der Waals surface area (Å²) < 4.78 is 10.7. The third kappa shape index (κ3) is 9.64. The molecule has 2 aromatic rings. The van der Waals surface area contributed by atoms with Gasteiger partial charge in [-0.3, -0.25) is 14.5 Å². The number of esters is 1. The van der Waals surface area contributed by atoms with Crippen molar-refractivity contribution in [2.24, 2.45) is 0 Å². The highest BCUT2D eigenvalue weighted by Gasteiger charge is 2.53. The van der Waals surface area contributed by atoms with E-state index in [9.17, 15) is 14.4 Å². The summed E-state index contributed by atoms with van der Waals surface area (Å²) in [6, 6.07) is 14.0. The monoisotopic (exact) mass is 691 g/mol. The maximum Gasteiger partial charge on any atom is 0.417 e. The fraction of sp³-hybridized carbons (Fsp3) is 0.625. The van der Waals surface area contributed by atoms with Crippen molar-refractivity contribution in [2.45, 2.75) is 122 Å². The van der Waals surface area contributed by atoms with Crippen molar-refractivity contribution < 1.29 is 23.9 Å². The van der Waals surface area contributed by atoms with E-state index in [4.69, 9.17) is 9.47 Å². The Hall–Kier alpha value is -2.96. The lowest BCUT2D eigenvalue weighted by Crippen LogP contribution is -2.57. The van der Waals surface area contributed by atoms with Crippen molar-refractivity contribution in [1.82, 2.24) is 4.90 Å². The number of para-hydroxylation sites is 1. The number of hydrogen-bond acceptors (Lipinski definition) is 7. The largest absolute Gasteiger partial charge is 0.428 e. The number of rotatable bonds is 19. The maximum absolute atomic E-state index is 13.2. The second-order valence-corrected chi connectivity index (χ2v) is 15.1. The van der Waals surface area contributed by atoms with Crippen molar-refractivity contribution in [3.63, 3.8) is 0 Å². The van der Waals surface area contributed by atoms with Gasteiger partial charge in [-0.25, -0.2) is 4.79 Å². The SMILES string of the molecule is CCCCCCCCCCCCCC(=O)OCOC(=O)N1CCN2c3c(cccc31)[C@@H]1CN(CCCC(=O)c3ccc(P)cc3)CC[C@@]12C. The van der Waals surface area contributed by atoms with Gasteiger partial charge in [0.1, 0.15) is 0 Å². The molecule has 3 aliphatic rings. The maximum atomic E-state index is 13.2. The first-order chi connectivity index (χ1) is 23.8. The first-order valence-electron chi connectivity index (χ1n) is 18.9. The number of anilines is 2. The molecule has 3 aliphatic heterocycles. The van der Waals surface area contributed by atoms with E-state index < -0.39 is 6.09 Å². The van der Waals surface area contributed by atoms with Crippen LogP contribution in [0.1, 0.15) is 132 Å². The molecule has 1 saturated heterocycles. The summed E-state index contributed by atoms with van der Waals surface area (Å²) >= 11 is 0. The summed E-state index contributed by atoms with van der Waals surface area (Å²) in [7, 11) is 2.66. The quantitative estimate of drug-likeness (QED) is 0.0482. The molecule has 1 fully saturated rings. The molecule has 49 heavy (non-hydrogen) atoms. The van der Waals surface area contributed by atoms with Crippen LogP contribution in [0.3, 0.4) is 0 Å². The summed E-state index contributed by atoms with van der Waals surface area (Å²) in [6.45, 7) is 8.32. The van der Waals surface area contributed by atoms with E-state index in [0.717, 1.165) is 80.5 Å². The molecular weight excluding hydrogens is 633 g/mol. The molecule has 3 heterocycles. The molecule has 9 heteroatoms. The third-order valence-electron chi connectivity index (χ3n) is 11.0. The van der Waals surface area contributed by atoms with Crippen LogP contribution in [0, 0.1) is 0 Å². The molecule has 0 aromatic heterocycles. The number of ketones is 1. The average Bonchev–Trinajstić information content (AvgIpc) is 3.36. The minimum Gasteiger partial charge on any atom is -0.428 e. The Morgan fingerprint density at radius 2 is 1.51 bits per heavy atom. The lowest BCUT2D eigenvalue weighted by atomic mass is 9.78. The fourth-order valence-corrected chi connectivity index (χ4v) is 8.24. The number of fused-ring (bicyclic) bond motifs is 3. The topological polar surface area (TPSA) is 79.4 Å². The summed E-state index contributed by atoms with van der Waals surface area (Å²) in [5.41, 5.74) is 4.02. The highest BCUT2D eigenvalue weighted by molar-refractivity contribution is 7.27. The van der Waals surface area contributed by atoms with Gasteiger partial charge in [-0.1, -0.05) is 108 Å².